The lowest BCUT2D eigenvalue weighted by Crippen LogP contribution is -2.05. The number of H-pyrrole nitrogens is 1. The van der Waals surface area contributed by atoms with E-state index in [0.717, 1.165) is 18.5 Å². The molecule has 1 N–H and O–H groups in total. The molecule has 4 rings (SSSR count). The molecule has 0 spiro atoms. The molecule has 4 aromatic rings. The van der Waals surface area contributed by atoms with E-state index >= 15 is 0 Å². The summed E-state index contributed by atoms with van der Waals surface area (Å²) in [5.41, 5.74) is 7.22. The zero-order valence-corrected chi connectivity index (χ0v) is 15.7. The standard InChI is InChI=1S/C23H25N3/c1-4-17(5-2)21-9-8-20(15-23(21)26-13-11-16(3)25-26)19-7-6-18-10-12-24-22(18)14-19/h6-15,17,24H,4-5H2,1-3H3. The van der Waals surface area contributed by atoms with Gasteiger partial charge in [-0.1, -0.05) is 38.1 Å². The number of hydrogen-bond donors (Lipinski definition) is 1. The number of nitrogens with zero attached hydrogens (tertiary/aromatic N) is 2. The number of rotatable bonds is 5. The van der Waals surface area contributed by atoms with Gasteiger partial charge in [-0.3, -0.25) is 0 Å². The first-order valence-electron chi connectivity index (χ1n) is 9.43. The maximum atomic E-state index is 4.68. The third-order valence-electron chi connectivity index (χ3n) is 5.31. The van der Waals surface area contributed by atoms with Crippen LogP contribution in [0.3, 0.4) is 0 Å². The molecule has 0 saturated heterocycles. The van der Waals surface area contributed by atoms with E-state index in [4.69, 9.17) is 0 Å². The molecular formula is C23H25N3. The van der Waals surface area contributed by atoms with Gasteiger partial charge in [0.15, 0.2) is 0 Å². The van der Waals surface area contributed by atoms with E-state index in [9.17, 15) is 0 Å². The average Bonchev–Trinajstić information content (AvgIpc) is 3.31. The van der Waals surface area contributed by atoms with Crippen LogP contribution >= 0.6 is 0 Å². The van der Waals surface area contributed by atoms with Crippen LogP contribution in [0.5, 0.6) is 0 Å². The van der Waals surface area contributed by atoms with Gasteiger partial charge in [-0.05, 0) is 72.0 Å². The number of aryl methyl sites for hydroxylation is 1. The number of fused-ring (bicyclic) bond motifs is 1. The number of aromatic nitrogens is 3. The van der Waals surface area contributed by atoms with Gasteiger partial charge in [-0.2, -0.15) is 5.10 Å². The van der Waals surface area contributed by atoms with Crippen LogP contribution in [0, 0.1) is 6.92 Å². The van der Waals surface area contributed by atoms with Crippen molar-refractivity contribution in [1.82, 2.24) is 14.8 Å². The Hall–Kier alpha value is -2.81. The Balaban J connectivity index is 1.86. The Morgan fingerprint density at radius 3 is 2.46 bits per heavy atom. The summed E-state index contributed by atoms with van der Waals surface area (Å²) in [5.74, 6) is 0.550. The van der Waals surface area contributed by atoms with Gasteiger partial charge in [-0.25, -0.2) is 4.68 Å². The van der Waals surface area contributed by atoms with Gasteiger partial charge in [0.2, 0.25) is 0 Å². The van der Waals surface area contributed by atoms with Crippen LogP contribution in [-0.4, -0.2) is 14.8 Å². The third kappa shape index (κ3) is 2.94. The lowest BCUT2D eigenvalue weighted by Gasteiger charge is -2.19. The highest BCUT2D eigenvalue weighted by Gasteiger charge is 2.15. The van der Waals surface area contributed by atoms with Gasteiger partial charge in [-0.15, -0.1) is 0 Å². The SMILES string of the molecule is CCC(CC)c1ccc(-c2ccc3cc[nH]c3c2)cc1-n1ccc(C)n1. The minimum atomic E-state index is 0.550. The van der Waals surface area contributed by atoms with E-state index in [1.165, 1.54) is 33.3 Å². The number of hydrogen-bond acceptors (Lipinski definition) is 1. The van der Waals surface area contributed by atoms with Crippen LogP contribution in [0.2, 0.25) is 0 Å². The van der Waals surface area contributed by atoms with E-state index in [1.807, 2.05) is 17.8 Å². The normalized spacial score (nSPS) is 11.5. The second-order valence-corrected chi connectivity index (χ2v) is 6.97. The lowest BCUT2D eigenvalue weighted by atomic mass is 9.90. The molecule has 0 saturated carbocycles. The van der Waals surface area contributed by atoms with Gasteiger partial charge < -0.3 is 4.98 Å². The first-order valence-corrected chi connectivity index (χ1v) is 9.43. The molecule has 0 aliphatic heterocycles. The molecule has 0 bridgehead atoms. The number of benzene rings is 2. The zero-order chi connectivity index (χ0) is 18.1. The minimum absolute atomic E-state index is 0.550. The maximum absolute atomic E-state index is 4.68. The number of aromatic amines is 1. The fourth-order valence-electron chi connectivity index (χ4n) is 3.77. The van der Waals surface area contributed by atoms with Gasteiger partial charge in [0.25, 0.3) is 0 Å². The highest BCUT2D eigenvalue weighted by Crippen LogP contribution is 2.33. The minimum Gasteiger partial charge on any atom is -0.361 e. The quantitative estimate of drug-likeness (QED) is 0.457. The summed E-state index contributed by atoms with van der Waals surface area (Å²) in [5, 5.41) is 5.92. The second-order valence-electron chi connectivity index (χ2n) is 6.97. The first-order chi connectivity index (χ1) is 12.7. The predicted molar refractivity (Wildman–Crippen MR) is 109 cm³/mol. The summed E-state index contributed by atoms with van der Waals surface area (Å²) in [6.45, 7) is 6.56. The molecule has 3 heteroatoms. The summed E-state index contributed by atoms with van der Waals surface area (Å²) in [7, 11) is 0. The van der Waals surface area contributed by atoms with Crippen LogP contribution in [0.4, 0.5) is 0 Å². The largest absolute Gasteiger partial charge is 0.361 e. The van der Waals surface area contributed by atoms with Gasteiger partial charge >= 0.3 is 0 Å². The maximum Gasteiger partial charge on any atom is 0.0686 e. The van der Waals surface area contributed by atoms with Crippen molar-refractivity contribution in [3.8, 4) is 16.8 Å². The van der Waals surface area contributed by atoms with Crippen LogP contribution in [-0.2, 0) is 0 Å². The van der Waals surface area contributed by atoms with E-state index in [2.05, 4.69) is 78.7 Å². The van der Waals surface area contributed by atoms with Crippen molar-refractivity contribution >= 4 is 10.9 Å². The molecule has 132 valence electrons. The molecule has 2 heterocycles. The van der Waals surface area contributed by atoms with Gasteiger partial charge in [0, 0.05) is 17.9 Å². The van der Waals surface area contributed by atoms with E-state index in [1.54, 1.807) is 0 Å². The molecule has 0 unspecified atom stereocenters. The van der Waals surface area contributed by atoms with Crippen molar-refractivity contribution in [2.24, 2.45) is 0 Å². The molecule has 0 fully saturated rings. The Labute approximate surface area is 154 Å². The van der Waals surface area contributed by atoms with Crippen LogP contribution in [0.1, 0.15) is 43.9 Å². The van der Waals surface area contributed by atoms with Crippen LogP contribution in [0.15, 0.2) is 60.9 Å². The van der Waals surface area contributed by atoms with Crippen molar-refractivity contribution in [3.05, 3.63) is 72.2 Å². The fraction of sp³-hybridized carbons (Fsp3) is 0.261. The molecule has 0 aliphatic rings. The molecule has 0 radical (unpaired) electrons. The molecule has 2 aromatic carbocycles. The first kappa shape index (κ1) is 16.6. The van der Waals surface area contributed by atoms with Crippen molar-refractivity contribution in [2.75, 3.05) is 0 Å². The van der Waals surface area contributed by atoms with Crippen molar-refractivity contribution < 1.29 is 0 Å². The summed E-state index contributed by atoms with van der Waals surface area (Å²) in [4.78, 5) is 3.31. The van der Waals surface area contributed by atoms with Crippen LogP contribution in [0.25, 0.3) is 27.7 Å². The molecule has 3 nitrogen and oxygen atoms in total. The van der Waals surface area contributed by atoms with Crippen molar-refractivity contribution in [1.29, 1.82) is 0 Å². The van der Waals surface area contributed by atoms with Gasteiger partial charge in [0.05, 0.1) is 11.4 Å². The topological polar surface area (TPSA) is 33.6 Å². The Morgan fingerprint density at radius 2 is 1.73 bits per heavy atom. The second kappa shape index (κ2) is 6.83. The fourth-order valence-corrected chi connectivity index (χ4v) is 3.77. The average molecular weight is 343 g/mol. The monoisotopic (exact) mass is 343 g/mol. The zero-order valence-electron chi connectivity index (χ0n) is 15.7. The summed E-state index contributed by atoms with van der Waals surface area (Å²) in [6, 6.07) is 17.6. The summed E-state index contributed by atoms with van der Waals surface area (Å²) in [6.07, 6.45) is 6.33. The molecular weight excluding hydrogens is 318 g/mol. The van der Waals surface area contributed by atoms with E-state index < -0.39 is 0 Å². The smallest absolute Gasteiger partial charge is 0.0686 e. The molecule has 2 aromatic heterocycles. The Bertz CT molecular complexity index is 1030. The van der Waals surface area contributed by atoms with E-state index in [0.29, 0.717) is 5.92 Å². The van der Waals surface area contributed by atoms with Gasteiger partial charge in [0.1, 0.15) is 0 Å². The highest BCUT2D eigenvalue weighted by atomic mass is 15.3. The summed E-state index contributed by atoms with van der Waals surface area (Å²) >= 11 is 0. The highest BCUT2D eigenvalue weighted by molar-refractivity contribution is 5.85. The van der Waals surface area contributed by atoms with Crippen molar-refractivity contribution in [2.45, 2.75) is 39.5 Å². The predicted octanol–water partition coefficient (Wildman–Crippen LogP) is 6.23. The molecule has 26 heavy (non-hydrogen) atoms. The van der Waals surface area contributed by atoms with Crippen molar-refractivity contribution in [3.63, 3.8) is 0 Å². The number of nitrogens with one attached hydrogen (secondary N) is 1. The Morgan fingerprint density at radius 1 is 0.962 bits per heavy atom. The molecule has 0 amide bonds. The Kier molecular flexibility index (Phi) is 4.37. The summed E-state index contributed by atoms with van der Waals surface area (Å²) < 4.78 is 2.03. The van der Waals surface area contributed by atoms with E-state index in [-0.39, 0.29) is 0 Å². The molecule has 0 atom stereocenters. The molecule has 0 aliphatic carbocycles. The van der Waals surface area contributed by atoms with Crippen LogP contribution < -0.4 is 0 Å². The lowest BCUT2D eigenvalue weighted by molar-refractivity contribution is 0.634. The third-order valence-corrected chi connectivity index (χ3v) is 5.31.